The molecule has 1 fully saturated rings. The second-order valence-electron chi connectivity index (χ2n) is 7.53. The lowest BCUT2D eigenvalue weighted by molar-refractivity contribution is -0.119. The van der Waals surface area contributed by atoms with Gasteiger partial charge in [0.05, 0.1) is 16.5 Å². The molecule has 1 aliphatic rings. The zero-order valence-corrected chi connectivity index (χ0v) is 17.2. The Bertz CT molecular complexity index is 693. The number of sulfone groups is 1. The molecule has 148 valence electrons. The average molecular weight is 405 g/mol. The molecule has 2 rings (SSSR count). The van der Waals surface area contributed by atoms with Crippen molar-refractivity contribution in [3.05, 3.63) is 29.8 Å². The van der Waals surface area contributed by atoms with Gasteiger partial charge in [-0.1, -0.05) is 12.1 Å². The lowest BCUT2D eigenvalue weighted by atomic mass is 9.92. The van der Waals surface area contributed by atoms with E-state index in [1.807, 2.05) is 0 Å². The first-order chi connectivity index (χ1) is 11.6. The molecule has 26 heavy (non-hydrogen) atoms. The van der Waals surface area contributed by atoms with Gasteiger partial charge in [-0.2, -0.15) is 0 Å². The van der Waals surface area contributed by atoms with Crippen LogP contribution in [0.3, 0.4) is 0 Å². The number of rotatable bonds is 5. The van der Waals surface area contributed by atoms with Crippen molar-refractivity contribution in [3.63, 3.8) is 0 Å². The highest BCUT2D eigenvalue weighted by atomic mass is 35.5. The van der Waals surface area contributed by atoms with Gasteiger partial charge in [-0.05, 0) is 57.2 Å². The maximum atomic E-state index is 12.3. The molecule has 1 heterocycles. The second-order valence-corrected chi connectivity index (χ2v) is 10.3. The highest BCUT2D eigenvalue weighted by molar-refractivity contribution is 7.91. The van der Waals surface area contributed by atoms with E-state index in [4.69, 9.17) is 10.5 Å². The van der Waals surface area contributed by atoms with Crippen LogP contribution in [0.15, 0.2) is 24.3 Å². The summed E-state index contributed by atoms with van der Waals surface area (Å²) in [5, 5.41) is 2.81. The van der Waals surface area contributed by atoms with Crippen molar-refractivity contribution >= 4 is 33.8 Å². The molecule has 1 aliphatic heterocycles. The quantitative estimate of drug-likeness (QED) is 0.785. The summed E-state index contributed by atoms with van der Waals surface area (Å²) in [5.74, 6) is -0.112. The van der Waals surface area contributed by atoms with Gasteiger partial charge in [0.2, 0.25) is 5.91 Å². The van der Waals surface area contributed by atoms with Crippen LogP contribution in [0.5, 0.6) is 0 Å². The van der Waals surface area contributed by atoms with Crippen LogP contribution in [-0.4, -0.2) is 38.3 Å². The zero-order valence-electron chi connectivity index (χ0n) is 15.5. The van der Waals surface area contributed by atoms with Crippen LogP contribution in [0.2, 0.25) is 0 Å². The molecule has 1 amide bonds. The Morgan fingerprint density at radius 2 is 1.77 bits per heavy atom. The molecule has 1 aromatic carbocycles. The summed E-state index contributed by atoms with van der Waals surface area (Å²) < 4.78 is 29.0. The van der Waals surface area contributed by atoms with Gasteiger partial charge in [-0.15, -0.1) is 12.4 Å². The van der Waals surface area contributed by atoms with E-state index >= 15 is 0 Å². The van der Waals surface area contributed by atoms with Crippen molar-refractivity contribution in [2.24, 2.45) is 11.7 Å². The van der Waals surface area contributed by atoms with Crippen LogP contribution >= 0.6 is 12.4 Å². The van der Waals surface area contributed by atoms with Crippen molar-refractivity contribution in [1.29, 1.82) is 0 Å². The van der Waals surface area contributed by atoms with Crippen molar-refractivity contribution in [1.82, 2.24) is 0 Å². The highest BCUT2D eigenvalue weighted by Gasteiger charge is 2.29. The number of carbonyl (C=O) groups excluding carboxylic acids is 1. The highest BCUT2D eigenvalue weighted by Crippen LogP contribution is 2.22. The van der Waals surface area contributed by atoms with E-state index in [1.165, 1.54) is 0 Å². The van der Waals surface area contributed by atoms with E-state index in [-0.39, 0.29) is 30.0 Å². The number of benzene rings is 1. The van der Waals surface area contributed by atoms with Gasteiger partial charge >= 0.3 is 0 Å². The number of amides is 1. The topological polar surface area (TPSA) is 98.5 Å². The summed E-state index contributed by atoms with van der Waals surface area (Å²) in [6.45, 7) is 6.35. The summed E-state index contributed by atoms with van der Waals surface area (Å²) in [5.41, 5.74) is 7.37. The van der Waals surface area contributed by atoms with E-state index in [0.29, 0.717) is 24.5 Å². The van der Waals surface area contributed by atoms with Crippen LogP contribution in [0.4, 0.5) is 5.69 Å². The van der Waals surface area contributed by atoms with E-state index in [9.17, 15) is 13.2 Å². The monoisotopic (exact) mass is 404 g/mol. The normalized spacial score (nSPS) is 17.2. The Kier molecular flexibility index (Phi) is 8.07. The summed E-state index contributed by atoms with van der Waals surface area (Å²) in [7, 11) is -3.23. The molecule has 0 spiro atoms. The van der Waals surface area contributed by atoms with Gasteiger partial charge in [0, 0.05) is 18.9 Å². The zero-order chi connectivity index (χ0) is 18.7. The minimum atomic E-state index is -3.23. The van der Waals surface area contributed by atoms with Crippen molar-refractivity contribution in [2.75, 3.05) is 18.5 Å². The Labute approximate surface area is 162 Å². The van der Waals surface area contributed by atoms with Gasteiger partial charge in [-0.3, -0.25) is 4.79 Å². The van der Waals surface area contributed by atoms with E-state index in [0.717, 1.165) is 12.8 Å². The summed E-state index contributed by atoms with van der Waals surface area (Å²) in [6, 6.07) is 6.30. The average Bonchev–Trinajstić information content (AvgIpc) is 2.55. The Hall–Kier alpha value is -1.15. The number of nitrogens with one attached hydrogen (secondary N) is 1. The molecule has 0 bridgehead atoms. The fraction of sp³-hybridized carbons (Fsp3) is 0.611. The summed E-state index contributed by atoms with van der Waals surface area (Å²) in [6.07, 6.45) is 1.58. The number of anilines is 1. The summed E-state index contributed by atoms with van der Waals surface area (Å²) >= 11 is 0. The minimum Gasteiger partial charge on any atom is -0.381 e. The fourth-order valence-corrected chi connectivity index (χ4v) is 3.70. The van der Waals surface area contributed by atoms with Crippen molar-refractivity contribution < 1.29 is 17.9 Å². The van der Waals surface area contributed by atoms with Crippen LogP contribution in [0, 0.1) is 5.92 Å². The fourth-order valence-electron chi connectivity index (χ4n) is 2.63. The van der Waals surface area contributed by atoms with Gasteiger partial charge in [0.25, 0.3) is 0 Å². The van der Waals surface area contributed by atoms with Crippen molar-refractivity contribution in [3.8, 4) is 0 Å². The molecule has 1 saturated heterocycles. The maximum Gasteiger partial charge on any atom is 0.241 e. The van der Waals surface area contributed by atoms with E-state index in [1.54, 1.807) is 45.0 Å². The van der Waals surface area contributed by atoms with Crippen molar-refractivity contribution in [2.45, 2.75) is 50.2 Å². The number of ether oxygens (including phenoxy) is 1. The first-order valence-electron chi connectivity index (χ1n) is 8.55. The lowest BCUT2D eigenvalue weighted by Crippen LogP contribution is -2.44. The molecular weight excluding hydrogens is 376 g/mol. The van der Waals surface area contributed by atoms with E-state index < -0.39 is 20.6 Å². The second kappa shape index (κ2) is 9.17. The third-order valence-electron chi connectivity index (χ3n) is 4.59. The van der Waals surface area contributed by atoms with Gasteiger partial charge in [-0.25, -0.2) is 8.42 Å². The van der Waals surface area contributed by atoms with Gasteiger partial charge in [0.15, 0.2) is 9.84 Å². The number of halogens is 1. The molecule has 3 N–H and O–H groups in total. The third kappa shape index (κ3) is 5.94. The number of hydrogen-bond donors (Lipinski definition) is 2. The molecule has 0 aliphatic carbocycles. The molecular formula is C18H29ClN2O4S. The largest absolute Gasteiger partial charge is 0.381 e. The maximum absolute atomic E-state index is 12.3. The standard InChI is InChI=1S/C18H28N2O4S.ClH/c1-18(2,3)25(22,23)12-13-4-6-15(7-5-13)20-17(21)16(19)14-8-10-24-11-9-14;/h4-7,14,16H,8-12,19H2,1-3H3,(H,20,21);1H. The van der Waals surface area contributed by atoms with Gasteiger partial charge in [0.1, 0.15) is 0 Å². The van der Waals surface area contributed by atoms with Crippen LogP contribution in [-0.2, 0) is 25.1 Å². The minimum absolute atomic E-state index is 0. The first-order valence-corrected chi connectivity index (χ1v) is 10.2. The molecule has 1 unspecified atom stereocenters. The Morgan fingerprint density at radius 3 is 2.27 bits per heavy atom. The summed E-state index contributed by atoms with van der Waals surface area (Å²) in [4.78, 5) is 12.3. The predicted molar refractivity (Wildman–Crippen MR) is 106 cm³/mol. The first kappa shape index (κ1) is 22.9. The predicted octanol–water partition coefficient (Wildman–Crippen LogP) is 2.51. The molecule has 1 aromatic rings. The van der Waals surface area contributed by atoms with E-state index in [2.05, 4.69) is 5.32 Å². The molecule has 0 radical (unpaired) electrons. The van der Waals surface area contributed by atoms with Gasteiger partial charge < -0.3 is 15.8 Å². The number of nitrogens with two attached hydrogens (primary N) is 1. The molecule has 0 aromatic heterocycles. The number of hydrogen-bond acceptors (Lipinski definition) is 5. The SMILES string of the molecule is CC(C)(C)S(=O)(=O)Cc1ccc(NC(=O)C(N)C2CCOCC2)cc1.Cl. The molecule has 8 heteroatoms. The lowest BCUT2D eigenvalue weighted by Gasteiger charge is -2.26. The Morgan fingerprint density at radius 1 is 1.23 bits per heavy atom. The molecule has 6 nitrogen and oxygen atoms in total. The van der Waals surface area contributed by atoms with Crippen LogP contribution < -0.4 is 11.1 Å². The molecule has 0 saturated carbocycles. The number of carbonyl (C=O) groups is 1. The Balaban J connectivity index is 0.00000338. The van der Waals surface area contributed by atoms with Crippen LogP contribution in [0.25, 0.3) is 0 Å². The van der Waals surface area contributed by atoms with Crippen LogP contribution in [0.1, 0.15) is 39.2 Å². The molecule has 1 atom stereocenters. The smallest absolute Gasteiger partial charge is 0.241 e. The third-order valence-corrected chi connectivity index (χ3v) is 7.17.